The number of nitrogens with zero attached hydrogens (tertiary/aromatic N) is 4. The molecule has 9 nitrogen and oxygen atoms in total. The highest BCUT2D eigenvalue weighted by Gasteiger charge is 2.43. The molecule has 124 valence electrons. The summed E-state index contributed by atoms with van der Waals surface area (Å²) in [6.07, 6.45) is 12.2. The van der Waals surface area contributed by atoms with E-state index in [1.54, 1.807) is 24.8 Å². The third kappa shape index (κ3) is 1.83. The number of anilines is 1. The topological polar surface area (TPSA) is 118 Å². The minimum absolute atomic E-state index is 0.0643. The van der Waals surface area contributed by atoms with Gasteiger partial charge in [0.2, 0.25) is 0 Å². The number of carbonyl (C=O) groups excluding carboxylic acids is 1. The van der Waals surface area contributed by atoms with Gasteiger partial charge in [-0.25, -0.2) is 4.99 Å². The molecule has 0 saturated carbocycles. The predicted octanol–water partition coefficient (Wildman–Crippen LogP) is 1.18. The maximum absolute atomic E-state index is 11.5. The average Bonchev–Trinajstić information content (AvgIpc) is 3.04. The second-order valence-corrected chi connectivity index (χ2v) is 5.92. The lowest BCUT2D eigenvalue weighted by Crippen LogP contribution is -2.42. The molecule has 4 aliphatic heterocycles. The Balaban J connectivity index is 1.71. The Morgan fingerprint density at radius 1 is 1.44 bits per heavy atom. The van der Waals surface area contributed by atoms with E-state index in [1.165, 1.54) is 6.34 Å². The molecule has 0 bridgehead atoms. The molecule has 0 aliphatic carbocycles. The summed E-state index contributed by atoms with van der Waals surface area (Å²) in [5, 5.41) is 6.97. The number of ether oxygens (including phenoxy) is 1. The van der Waals surface area contributed by atoms with Gasteiger partial charge in [-0.15, -0.1) is 0 Å². The molecule has 0 radical (unpaired) electrons. The van der Waals surface area contributed by atoms with Crippen LogP contribution in [0.25, 0.3) is 6.08 Å². The number of hydrogen-bond donors (Lipinski definition) is 2. The number of fused-ring (bicyclic) bond motifs is 5. The Kier molecular flexibility index (Phi) is 2.59. The van der Waals surface area contributed by atoms with Crippen LogP contribution in [0.15, 0.2) is 56.4 Å². The maximum Gasteiger partial charge on any atom is 0.273 e. The molecule has 3 N–H and O–H groups in total. The molecule has 1 amide bonds. The zero-order valence-corrected chi connectivity index (χ0v) is 12.8. The van der Waals surface area contributed by atoms with Crippen LogP contribution in [0.1, 0.15) is 16.2 Å². The summed E-state index contributed by atoms with van der Waals surface area (Å²) in [6.45, 7) is 0.494. The number of aromatic nitrogens is 1. The number of primary amides is 1. The zero-order valence-electron chi connectivity index (χ0n) is 12.8. The Labute approximate surface area is 141 Å². The number of nitrogens with one attached hydrogen (secondary N) is 1. The largest absolute Gasteiger partial charge is 0.469 e. The van der Waals surface area contributed by atoms with Crippen molar-refractivity contribution in [1.82, 2.24) is 10.1 Å². The summed E-state index contributed by atoms with van der Waals surface area (Å²) in [4.78, 5) is 22.0. The maximum atomic E-state index is 11.5. The van der Waals surface area contributed by atoms with Gasteiger partial charge in [0.1, 0.15) is 24.6 Å². The third-order valence-electron chi connectivity index (χ3n) is 4.43. The lowest BCUT2D eigenvalue weighted by molar-refractivity contribution is 0.0992. The van der Waals surface area contributed by atoms with Crippen LogP contribution in [0, 0.1) is 5.41 Å². The van der Waals surface area contributed by atoms with Crippen molar-refractivity contribution < 1.29 is 14.1 Å². The smallest absolute Gasteiger partial charge is 0.273 e. The van der Waals surface area contributed by atoms with Crippen molar-refractivity contribution in [2.45, 2.75) is 0 Å². The molecule has 9 heteroatoms. The summed E-state index contributed by atoms with van der Waals surface area (Å²) in [7, 11) is 0. The molecule has 0 aromatic carbocycles. The van der Waals surface area contributed by atoms with E-state index in [4.69, 9.17) is 15.0 Å². The summed E-state index contributed by atoms with van der Waals surface area (Å²) >= 11 is 0. The van der Waals surface area contributed by atoms with Crippen molar-refractivity contribution in [1.29, 1.82) is 0 Å². The van der Waals surface area contributed by atoms with Gasteiger partial charge in [0, 0.05) is 18.5 Å². The van der Waals surface area contributed by atoms with E-state index in [0.717, 1.165) is 17.1 Å². The van der Waals surface area contributed by atoms with Crippen LogP contribution in [0.3, 0.4) is 0 Å². The minimum atomic E-state index is -0.656. The fourth-order valence-corrected chi connectivity index (χ4v) is 3.29. The van der Waals surface area contributed by atoms with E-state index in [1.807, 2.05) is 17.2 Å². The predicted molar refractivity (Wildman–Crippen MR) is 89.1 cm³/mol. The third-order valence-corrected chi connectivity index (χ3v) is 4.43. The Hall–Kier alpha value is -3.62. The zero-order chi connectivity index (χ0) is 17.0. The summed E-state index contributed by atoms with van der Waals surface area (Å²) in [5.41, 5.74) is 7.83. The van der Waals surface area contributed by atoms with Gasteiger partial charge in [-0.05, 0) is 6.08 Å². The van der Waals surface area contributed by atoms with Crippen LogP contribution in [0.4, 0.5) is 5.69 Å². The first-order valence-electron chi connectivity index (χ1n) is 7.54. The molecule has 0 fully saturated rings. The SMILES string of the molecule is NC(=O)c1noc2c1NC1=CC3(C=NC=NC3)C3=COC=CN3C1=C2. The second-order valence-electron chi connectivity index (χ2n) is 5.92. The van der Waals surface area contributed by atoms with Gasteiger partial charge in [-0.3, -0.25) is 9.79 Å². The van der Waals surface area contributed by atoms with Crippen molar-refractivity contribution in [3.8, 4) is 0 Å². The molecule has 1 aromatic rings. The number of hydrogen-bond acceptors (Lipinski definition) is 8. The molecule has 5 heterocycles. The summed E-state index contributed by atoms with van der Waals surface area (Å²) < 4.78 is 10.6. The van der Waals surface area contributed by atoms with Gasteiger partial charge < -0.3 is 25.2 Å². The molecule has 4 aliphatic rings. The molecule has 1 atom stereocenters. The first kappa shape index (κ1) is 13.8. The van der Waals surface area contributed by atoms with E-state index in [-0.39, 0.29) is 5.69 Å². The Morgan fingerprint density at radius 3 is 3.16 bits per heavy atom. The van der Waals surface area contributed by atoms with Gasteiger partial charge in [-0.1, -0.05) is 5.16 Å². The van der Waals surface area contributed by atoms with Crippen molar-refractivity contribution in [2.24, 2.45) is 21.1 Å². The van der Waals surface area contributed by atoms with Crippen molar-refractivity contribution in [3.63, 3.8) is 0 Å². The van der Waals surface area contributed by atoms with E-state index in [2.05, 4.69) is 20.5 Å². The lowest BCUT2D eigenvalue weighted by atomic mass is 9.79. The number of aliphatic imine (C=N–C) groups is 2. The molecule has 25 heavy (non-hydrogen) atoms. The van der Waals surface area contributed by atoms with E-state index in [0.29, 0.717) is 18.0 Å². The normalized spacial score (nSPS) is 25.1. The molecule has 1 unspecified atom stereocenters. The number of amides is 1. The van der Waals surface area contributed by atoms with E-state index in [9.17, 15) is 4.79 Å². The second kappa shape index (κ2) is 4.69. The molecule has 1 spiro atoms. The van der Waals surface area contributed by atoms with Crippen LogP contribution in [0.2, 0.25) is 0 Å². The molecular weight excluding hydrogens is 324 g/mol. The highest BCUT2D eigenvalue weighted by molar-refractivity contribution is 5.99. The average molecular weight is 336 g/mol. The number of carbonyl (C=O) groups is 1. The van der Waals surface area contributed by atoms with Crippen LogP contribution >= 0.6 is 0 Å². The van der Waals surface area contributed by atoms with Crippen molar-refractivity contribution in [2.75, 3.05) is 11.9 Å². The highest BCUT2D eigenvalue weighted by atomic mass is 16.5. The van der Waals surface area contributed by atoms with Gasteiger partial charge in [-0.2, -0.15) is 0 Å². The molecular formula is C16H12N6O3. The fourth-order valence-electron chi connectivity index (χ4n) is 3.29. The van der Waals surface area contributed by atoms with E-state index >= 15 is 0 Å². The number of nitrogens with two attached hydrogens (primary N) is 1. The van der Waals surface area contributed by atoms with E-state index < -0.39 is 11.3 Å². The Morgan fingerprint density at radius 2 is 2.36 bits per heavy atom. The molecule has 1 aromatic heterocycles. The molecule has 0 saturated heterocycles. The minimum Gasteiger partial charge on any atom is -0.469 e. The van der Waals surface area contributed by atoms with Crippen LogP contribution in [-0.2, 0) is 4.74 Å². The van der Waals surface area contributed by atoms with Gasteiger partial charge in [0.15, 0.2) is 11.5 Å². The van der Waals surface area contributed by atoms with Gasteiger partial charge >= 0.3 is 0 Å². The van der Waals surface area contributed by atoms with Crippen LogP contribution < -0.4 is 11.1 Å². The summed E-state index contributed by atoms with van der Waals surface area (Å²) in [6, 6.07) is 0. The van der Waals surface area contributed by atoms with Crippen molar-refractivity contribution >= 4 is 30.2 Å². The highest BCUT2D eigenvalue weighted by Crippen LogP contribution is 2.46. The number of rotatable bonds is 1. The van der Waals surface area contributed by atoms with Gasteiger partial charge in [0.25, 0.3) is 5.91 Å². The standard InChI is InChI=1S/C16H12N6O3/c17-15(23)14-13-11(25-21-14)3-10-9(20-13)4-16(6-18-8-19-7-16)12-5-24-2-1-22(10)12/h1-6,8,20H,7H2,(H2,17,23). The monoisotopic (exact) mass is 336 g/mol. The molecule has 5 rings (SSSR count). The Bertz CT molecular complexity index is 980. The van der Waals surface area contributed by atoms with Crippen LogP contribution in [0.5, 0.6) is 0 Å². The van der Waals surface area contributed by atoms with Gasteiger partial charge in [0.05, 0.1) is 29.1 Å². The van der Waals surface area contributed by atoms with Crippen molar-refractivity contribution in [3.05, 3.63) is 53.3 Å². The fraction of sp³-hybridized carbons (Fsp3) is 0.125. The first-order valence-corrected chi connectivity index (χ1v) is 7.54. The lowest BCUT2D eigenvalue weighted by Gasteiger charge is -2.43. The quantitative estimate of drug-likeness (QED) is 0.795. The van der Waals surface area contributed by atoms with Crippen LogP contribution in [-0.4, -0.2) is 35.1 Å². The first-order chi connectivity index (χ1) is 12.2. The summed E-state index contributed by atoms with van der Waals surface area (Å²) in [5.74, 6) is -0.220.